The van der Waals surface area contributed by atoms with Gasteiger partial charge in [0, 0.05) is 42.8 Å². The molecule has 308 valence electrons. The molecule has 11 N–H and O–H groups in total. The van der Waals surface area contributed by atoms with Crippen LogP contribution in [0.3, 0.4) is 0 Å². The first kappa shape index (κ1) is 44.2. The third-order valence-electron chi connectivity index (χ3n) is 9.37. The molecule has 4 aromatic rings. The Labute approximate surface area is 336 Å². The number of carboxylic acids is 1. The van der Waals surface area contributed by atoms with Crippen LogP contribution in [0, 0.1) is 5.92 Å². The highest BCUT2D eigenvalue weighted by Gasteiger charge is 2.31. The Bertz CT molecular complexity index is 2040. The summed E-state index contributed by atoms with van der Waals surface area (Å²) < 4.78 is 0. The highest BCUT2D eigenvalue weighted by atomic mass is 16.4. The van der Waals surface area contributed by atoms with Crippen molar-refractivity contribution in [3.63, 3.8) is 0 Å². The minimum absolute atomic E-state index is 0.0151. The topological polar surface area (TPSA) is 268 Å². The van der Waals surface area contributed by atoms with Gasteiger partial charge < -0.3 is 48.1 Å². The Morgan fingerprint density at radius 1 is 0.655 bits per heavy atom. The highest BCUT2D eigenvalue weighted by molar-refractivity contribution is 5.96. The number of H-pyrrole nitrogens is 1. The number of carboxylic acid groups (broad SMARTS) is 1. The maximum absolute atomic E-state index is 14.0. The first-order valence-corrected chi connectivity index (χ1v) is 19.1. The van der Waals surface area contributed by atoms with E-state index in [0.29, 0.717) is 16.7 Å². The fraction of sp³-hybridized carbons (Fsp3) is 0.357. The molecule has 5 atom stereocenters. The van der Waals surface area contributed by atoms with Gasteiger partial charge in [-0.2, -0.15) is 0 Å². The Hall–Kier alpha value is -6.55. The molecule has 3 aromatic carbocycles. The Morgan fingerprint density at radius 3 is 1.74 bits per heavy atom. The molecule has 6 amide bonds. The van der Waals surface area contributed by atoms with Gasteiger partial charge >= 0.3 is 5.97 Å². The van der Waals surface area contributed by atoms with Gasteiger partial charge in [-0.15, -0.1) is 0 Å². The van der Waals surface area contributed by atoms with Gasteiger partial charge in [-0.3, -0.25) is 28.8 Å². The average Bonchev–Trinajstić information content (AvgIpc) is 3.60. The molecule has 4 rings (SSSR count). The van der Waals surface area contributed by atoms with E-state index in [0.717, 1.165) is 10.9 Å². The molecule has 16 heteroatoms. The number of aromatic amines is 1. The predicted molar refractivity (Wildman–Crippen MR) is 217 cm³/mol. The van der Waals surface area contributed by atoms with Crippen LogP contribution in [0.15, 0.2) is 91.1 Å². The van der Waals surface area contributed by atoms with Crippen molar-refractivity contribution in [1.82, 2.24) is 31.6 Å². The van der Waals surface area contributed by atoms with Gasteiger partial charge in [0.1, 0.15) is 24.2 Å². The molecule has 1 heterocycles. The zero-order valence-corrected chi connectivity index (χ0v) is 32.5. The number of carbonyl (C=O) groups is 7. The van der Waals surface area contributed by atoms with E-state index in [1.165, 1.54) is 0 Å². The first-order valence-electron chi connectivity index (χ1n) is 19.1. The van der Waals surface area contributed by atoms with E-state index < -0.39 is 78.2 Å². The fourth-order valence-electron chi connectivity index (χ4n) is 6.33. The van der Waals surface area contributed by atoms with E-state index in [2.05, 4.69) is 31.6 Å². The summed E-state index contributed by atoms with van der Waals surface area (Å²) in [6.07, 6.45) is 1.77. The smallest absolute Gasteiger partial charge is 0.326 e. The first-order chi connectivity index (χ1) is 27.7. The van der Waals surface area contributed by atoms with Gasteiger partial charge in [0.15, 0.2) is 0 Å². The molecule has 5 unspecified atom stereocenters. The molecule has 0 saturated heterocycles. The lowest BCUT2D eigenvalue weighted by Crippen LogP contribution is -2.58. The van der Waals surface area contributed by atoms with Crippen molar-refractivity contribution in [2.24, 2.45) is 17.4 Å². The molecule has 0 aliphatic rings. The minimum atomic E-state index is -1.26. The van der Waals surface area contributed by atoms with Crippen LogP contribution >= 0.6 is 0 Å². The number of carbonyl (C=O) groups excluding carboxylic acids is 6. The number of aliphatic carboxylic acids is 1. The lowest BCUT2D eigenvalue weighted by atomic mass is 10.0. The van der Waals surface area contributed by atoms with Crippen LogP contribution in [0.4, 0.5) is 0 Å². The monoisotopic (exact) mass is 796 g/mol. The van der Waals surface area contributed by atoms with Crippen LogP contribution < -0.4 is 38.1 Å². The molecule has 0 fully saturated rings. The second-order valence-electron chi connectivity index (χ2n) is 14.5. The SMILES string of the molecule is CC(C)CC(NC(=O)C(Cc1ccccc1)NC(=O)CNC(=O)C(Cc1c[nH]c2ccccc12)NC(=O)C(Cc1ccccc1)NC(=O)C(N)CCC(N)=O)C(=O)O. The average molecular weight is 797 g/mol. The number of primary amides is 1. The summed E-state index contributed by atoms with van der Waals surface area (Å²) >= 11 is 0. The number of nitrogens with two attached hydrogens (primary N) is 2. The Morgan fingerprint density at radius 2 is 1.17 bits per heavy atom. The molecule has 1 aromatic heterocycles. The number of benzene rings is 3. The van der Waals surface area contributed by atoms with E-state index in [1.807, 2.05) is 38.1 Å². The van der Waals surface area contributed by atoms with Crippen molar-refractivity contribution < 1.29 is 38.7 Å². The third-order valence-corrected chi connectivity index (χ3v) is 9.37. The highest BCUT2D eigenvalue weighted by Crippen LogP contribution is 2.19. The van der Waals surface area contributed by atoms with Gasteiger partial charge in [0.25, 0.3) is 0 Å². The fourth-order valence-corrected chi connectivity index (χ4v) is 6.33. The minimum Gasteiger partial charge on any atom is -0.480 e. The van der Waals surface area contributed by atoms with Crippen LogP contribution in [0.5, 0.6) is 0 Å². The molecule has 0 aliphatic heterocycles. The summed E-state index contributed by atoms with van der Waals surface area (Å²) in [5.41, 5.74) is 14.1. The molecule has 58 heavy (non-hydrogen) atoms. The number of aromatic nitrogens is 1. The van der Waals surface area contributed by atoms with Gasteiger partial charge in [0.2, 0.25) is 35.4 Å². The summed E-state index contributed by atoms with van der Waals surface area (Å²) in [6.45, 7) is 3.06. The molecule has 0 radical (unpaired) electrons. The van der Waals surface area contributed by atoms with Crippen LogP contribution in [0.1, 0.15) is 49.8 Å². The zero-order valence-electron chi connectivity index (χ0n) is 32.5. The number of hydrogen-bond acceptors (Lipinski definition) is 8. The van der Waals surface area contributed by atoms with E-state index in [1.54, 1.807) is 66.9 Å². The van der Waals surface area contributed by atoms with Gasteiger partial charge in [-0.05, 0) is 41.5 Å². The van der Waals surface area contributed by atoms with Gasteiger partial charge in [0.05, 0.1) is 12.6 Å². The molecule has 0 spiro atoms. The lowest BCUT2D eigenvalue weighted by molar-refractivity contribution is -0.142. The number of amides is 6. The van der Waals surface area contributed by atoms with E-state index in [4.69, 9.17) is 11.5 Å². The van der Waals surface area contributed by atoms with Crippen molar-refractivity contribution in [2.75, 3.05) is 6.54 Å². The van der Waals surface area contributed by atoms with E-state index in [9.17, 15) is 38.7 Å². The standard InChI is InChI=1S/C42H52N8O8/c1-25(2)19-35(42(57)58)50-40(55)32(20-26-11-5-3-6-12-26)47-37(52)24-46-39(54)34(22-28-23-45-31-16-10-9-15-29(28)31)49-41(56)33(21-27-13-7-4-8-14-27)48-38(53)30(43)17-18-36(44)51/h3-16,23,25,30,32-35,45H,17-22,24,43H2,1-2H3,(H2,44,51)(H,46,54)(H,47,52)(H,48,53)(H,49,56)(H,50,55)(H,57,58). The van der Waals surface area contributed by atoms with Crippen molar-refractivity contribution in [3.8, 4) is 0 Å². The van der Waals surface area contributed by atoms with E-state index >= 15 is 0 Å². The van der Waals surface area contributed by atoms with Gasteiger partial charge in [-0.25, -0.2) is 4.79 Å². The molecule has 0 bridgehead atoms. The largest absolute Gasteiger partial charge is 0.480 e. The summed E-state index contributed by atoms with van der Waals surface area (Å²) in [5, 5.41) is 23.6. The van der Waals surface area contributed by atoms with Crippen molar-refractivity contribution in [3.05, 3.63) is 108 Å². The number of para-hydroxylation sites is 1. The van der Waals surface area contributed by atoms with Crippen LogP contribution in [0.2, 0.25) is 0 Å². The van der Waals surface area contributed by atoms with Crippen molar-refractivity contribution in [2.45, 2.75) is 82.6 Å². The maximum atomic E-state index is 14.0. The number of nitrogens with one attached hydrogen (secondary N) is 6. The Balaban J connectivity index is 1.54. The number of fused-ring (bicyclic) bond motifs is 1. The van der Waals surface area contributed by atoms with Crippen molar-refractivity contribution in [1.29, 1.82) is 0 Å². The molecular weight excluding hydrogens is 745 g/mol. The molecule has 0 aliphatic carbocycles. The molecule has 0 saturated carbocycles. The lowest BCUT2D eigenvalue weighted by Gasteiger charge is -2.25. The molecule has 16 nitrogen and oxygen atoms in total. The summed E-state index contributed by atoms with van der Waals surface area (Å²) in [5.74, 6) is -5.46. The quantitative estimate of drug-likeness (QED) is 0.0548. The summed E-state index contributed by atoms with van der Waals surface area (Å²) in [4.78, 5) is 94.2. The van der Waals surface area contributed by atoms with Crippen molar-refractivity contribution >= 4 is 52.3 Å². The molecular formula is C42H52N8O8. The maximum Gasteiger partial charge on any atom is 0.326 e. The second-order valence-corrected chi connectivity index (χ2v) is 14.5. The summed E-state index contributed by atoms with van der Waals surface area (Å²) in [6, 6.07) is 19.1. The van der Waals surface area contributed by atoms with Crippen LogP contribution in [-0.4, -0.2) is 88.3 Å². The van der Waals surface area contributed by atoms with Crippen LogP contribution in [0.25, 0.3) is 10.9 Å². The third kappa shape index (κ3) is 13.9. The normalized spacial score (nSPS) is 13.7. The van der Waals surface area contributed by atoms with Gasteiger partial charge in [-0.1, -0.05) is 92.7 Å². The number of rotatable bonds is 22. The van der Waals surface area contributed by atoms with Crippen LogP contribution in [-0.2, 0) is 52.8 Å². The number of hydrogen-bond donors (Lipinski definition) is 9. The van der Waals surface area contributed by atoms with E-state index in [-0.39, 0.29) is 44.4 Å². The Kier molecular flexibility index (Phi) is 16.5. The summed E-state index contributed by atoms with van der Waals surface area (Å²) in [7, 11) is 0. The predicted octanol–water partition coefficient (Wildman–Crippen LogP) is 0.975. The zero-order chi connectivity index (χ0) is 42.2. The second kappa shape index (κ2) is 21.7.